The molecule has 21 heavy (non-hydrogen) atoms. The molecule has 0 aliphatic carbocycles. The summed E-state index contributed by atoms with van der Waals surface area (Å²) in [6.45, 7) is -0.507. The lowest BCUT2D eigenvalue weighted by Crippen LogP contribution is -2.34. The van der Waals surface area contributed by atoms with Gasteiger partial charge in [0, 0.05) is 17.2 Å². The third-order valence-electron chi connectivity index (χ3n) is 2.76. The van der Waals surface area contributed by atoms with Crippen molar-refractivity contribution in [3.63, 3.8) is 0 Å². The SMILES string of the molecule is O=C1C=C(Nc2cc(Cl)ccc2[N+](=O)[O-])C(=O)N1CCO. The molecule has 1 aromatic rings. The maximum absolute atomic E-state index is 11.9. The van der Waals surface area contributed by atoms with Crippen molar-refractivity contribution in [3.05, 3.63) is 45.1 Å². The molecule has 0 saturated heterocycles. The lowest BCUT2D eigenvalue weighted by atomic mass is 10.2. The smallest absolute Gasteiger partial charge is 0.292 e. The molecule has 0 saturated carbocycles. The maximum Gasteiger partial charge on any atom is 0.292 e. The summed E-state index contributed by atoms with van der Waals surface area (Å²) in [4.78, 5) is 34.6. The molecule has 0 spiro atoms. The van der Waals surface area contributed by atoms with E-state index in [2.05, 4.69) is 5.32 Å². The maximum atomic E-state index is 11.9. The minimum Gasteiger partial charge on any atom is -0.395 e. The fraction of sp³-hybridized carbons (Fsp3) is 0.167. The highest BCUT2D eigenvalue weighted by Gasteiger charge is 2.31. The van der Waals surface area contributed by atoms with Crippen LogP contribution in [0.4, 0.5) is 11.4 Å². The van der Waals surface area contributed by atoms with Gasteiger partial charge in [-0.2, -0.15) is 0 Å². The molecule has 1 aliphatic rings. The molecule has 9 heteroatoms. The number of carbonyl (C=O) groups is 2. The number of benzene rings is 1. The van der Waals surface area contributed by atoms with Gasteiger partial charge in [-0.05, 0) is 12.1 Å². The molecule has 0 atom stereocenters. The minimum absolute atomic E-state index is 0.00532. The van der Waals surface area contributed by atoms with Crippen LogP contribution in [-0.2, 0) is 9.59 Å². The van der Waals surface area contributed by atoms with E-state index in [1.807, 2.05) is 0 Å². The first-order valence-electron chi connectivity index (χ1n) is 5.83. The van der Waals surface area contributed by atoms with E-state index in [4.69, 9.17) is 16.7 Å². The third-order valence-corrected chi connectivity index (χ3v) is 2.99. The Morgan fingerprint density at radius 2 is 2.10 bits per heavy atom. The fourth-order valence-corrected chi connectivity index (χ4v) is 1.99. The van der Waals surface area contributed by atoms with Gasteiger partial charge in [-0.25, -0.2) is 0 Å². The van der Waals surface area contributed by atoms with Gasteiger partial charge in [-0.1, -0.05) is 11.6 Å². The number of aliphatic hydroxyl groups excluding tert-OH is 1. The highest BCUT2D eigenvalue weighted by molar-refractivity contribution is 6.31. The highest BCUT2D eigenvalue weighted by atomic mass is 35.5. The summed E-state index contributed by atoms with van der Waals surface area (Å²) in [5, 5.41) is 22.5. The average molecular weight is 312 g/mol. The van der Waals surface area contributed by atoms with Crippen LogP contribution in [0.3, 0.4) is 0 Å². The molecular weight excluding hydrogens is 302 g/mol. The topological polar surface area (TPSA) is 113 Å². The molecule has 0 bridgehead atoms. The molecule has 0 aromatic heterocycles. The van der Waals surface area contributed by atoms with Crippen molar-refractivity contribution in [2.75, 3.05) is 18.5 Å². The van der Waals surface area contributed by atoms with Crippen molar-refractivity contribution in [2.24, 2.45) is 0 Å². The van der Waals surface area contributed by atoms with Gasteiger partial charge in [0.05, 0.1) is 18.1 Å². The molecule has 0 radical (unpaired) electrons. The van der Waals surface area contributed by atoms with E-state index in [0.717, 1.165) is 11.0 Å². The number of imide groups is 1. The summed E-state index contributed by atoms with van der Waals surface area (Å²) < 4.78 is 0. The first kappa shape index (κ1) is 14.9. The van der Waals surface area contributed by atoms with Crippen molar-refractivity contribution < 1.29 is 19.6 Å². The number of amides is 2. The quantitative estimate of drug-likeness (QED) is 0.474. The standard InChI is InChI=1S/C12H10ClN3O5/c13-7-1-2-10(16(20)21)8(5-7)14-9-6-11(18)15(3-4-17)12(9)19/h1-2,5-6,14,17H,3-4H2. The Kier molecular flexibility index (Phi) is 4.20. The van der Waals surface area contributed by atoms with E-state index in [0.29, 0.717) is 0 Å². The largest absolute Gasteiger partial charge is 0.395 e. The summed E-state index contributed by atoms with van der Waals surface area (Å²) in [5.74, 6) is -1.26. The summed E-state index contributed by atoms with van der Waals surface area (Å²) in [5.41, 5.74) is -0.384. The second-order valence-corrected chi connectivity index (χ2v) is 4.56. The summed E-state index contributed by atoms with van der Waals surface area (Å²) in [6, 6.07) is 3.82. The highest BCUT2D eigenvalue weighted by Crippen LogP contribution is 2.29. The van der Waals surface area contributed by atoms with Crippen LogP contribution in [0.5, 0.6) is 0 Å². The van der Waals surface area contributed by atoms with E-state index in [-0.39, 0.29) is 35.2 Å². The Morgan fingerprint density at radius 1 is 1.38 bits per heavy atom. The number of halogens is 1. The number of nitro benzene ring substituents is 1. The molecule has 1 heterocycles. The van der Waals surface area contributed by atoms with Crippen molar-refractivity contribution in [2.45, 2.75) is 0 Å². The van der Waals surface area contributed by atoms with Crippen molar-refractivity contribution in [3.8, 4) is 0 Å². The monoisotopic (exact) mass is 311 g/mol. The molecular formula is C12H10ClN3O5. The van der Waals surface area contributed by atoms with Gasteiger partial charge < -0.3 is 10.4 Å². The summed E-state index contributed by atoms with van der Waals surface area (Å²) >= 11 is 5.77. The van der Waals surface area contributed by atoms with E-state index < -0.39 is 16.7 Å². The third kappa shape index (κ3) is 3.01. The van der Waals surface area contributed by atoms with Gasteiger partial charge in [-0.15, -0.1) is 0 Å². The number of β-amino-alcohol motifs (C(OH)–C–C–N with tert-alkyl or cyclic N) is 1. The first-order valence-corrected chi connectivity index (χ1v) is 6.21. The molecule has 110 valence electrons. The van der Waals surface area contributed by atoms with Crippen LogP contribution in [0.2, 0.25) is 5.02 Å². The Bertz CT molecular complexity index is 658. The van der Waals surface area contributed by atoms with Gasteiger partial charge in [0.25, 0.3) is 17.5 Å². The van der Waals surface area contributed by atoms with E-state index in [1.54, 1.807) is 0 Å². The number of carbonyl (C=O) groups excluding carboxylic acids is 2. The lowest BCUT2D eigenvalue weighted by Gasteiger charge is -2.13. The number of nitro groups is 1. The zero-order valence-corrected chi connectivity index (χ0v) is 11.3. The predicted molar refractivity (Wildman–Crippen MR) is 73.6 cm³/mol. The van der Waals surface area contributed by atoms with Crippen LogP contribution in [0.1, 0.15) is 0 Å². The Hall–Kier alpha value is -2.45. The lowest BCUT2D eigenvalue weighted by molar-refractivity contribution is -0.383. The van der Waals surface area contributed by atoms with Crippen LogP contribution in [0.15, 0.2) is 30.0 Å². The van der Waals surface area contributed by atoms with Crippen LogP contribution in [0, 0.1) is 10.1 Å². The second kappa shape index (κ2) is 5.90. The van der Waals surface area contributed by atoms with Crippen LogP contribution >= 0.6 is 11.6 Å². The number of rotatable bonds is 5. The van der Waals surface area contributed by atoms with Gasteiger partial charge in [-0.3, -0.25) is 24.6 Å². The molecule has 0 unspecified atom stereocenters. The van der Waals surface area contributed by atoms with Gasteiger partial charge >= 0.3 is 0 Å². The average Bonchev–Trinajstić information content (AvgIpc) is 2.67. The first-order chi connectivity index (χ1) is 9.93. The minimum atomic E-state index is -0.664. The summed E-state index contributed by atoms with van der Waals surface area (Å²) in [7, 11) is 0. The molecule has 1 aromatic carbocycles. The Balaban J connectivity index is 2.29. The van der Waals surface area contributed by atoms with Crippen LogP contribution < -0.4 is 5.32 Å². The number of hydrogen-bond donors (Lipinski definition) is 2. The zero-order chi connectivity index (χ0) is 15.6. The Morgan fingerprint density at radius 3 is 2.71 bits per heavy atom. The van der Waals surface area contributed by atoms with Crippen molar-refractivity contribution in [1.82, 2.24) is 4.90 Å². The normalized spacial score (nSPS) is 14.4. The second-order valence-electron chi connectivity index (χ2n) is 4.12. The zero-order valence-electron chi connectivity index (χ0n) is 10.6. The van der Waals surface area contributed by atoms with E-state index >= 15 is 0 Å². The van der Waals surface area contributed by atoms with Gasteiger partial charge in [0.1, 0.15) is 11.4 Å². The van der Waals surface area contributed by atoms with Gasteiger partial charge in [0.2, 0.25) is 0 Å². The van der Waals surface area contributed by atoms with Crippen molar-refractivity contribution in [1.29, 1.82) is 0 Å². The molecule has 1 aliphatic heterocycles. The molecule has 2 rings (SSSR count). The number of hydrogen-bond acceptors (Lipinski definition) is 6. The van der Waals surface area contributed by atoms with E-state index in [9.17, 15) is 19.7 Å². The Labute approximate surface area is 123 Å². The van der Waals surface area contributed by atoms with Gasteiger partial charge in [0.15, 0.2) is 0 Å². The predicted octanol–water partition coefficient (Wildman–Crippen LogP) is 0.905. The van der Waals surface area contributed by atoms with Crippen LogP contribution in [-0.4, -0.2) is 39.9 Å². The fourth-order valence-electron chi connectivity index (χ4n) is 1.82. The van der Waals surface area contributed by atoms with Crippen molar-refractivity contribution >= 4 is 34.8 Å². The van der Waals surface area contributed by atoms with Crippen LogP contribution in [0.25, 0.3) is 0 Å². The number of nitrogens with zero attached hydrogens (tertiary/aromatic N) is 2. The number of nitrogens with one attached hydrogen (secondary N) is 1. The molecule has 0 fully saturated rings. The summed E-state index contributed by atoms with van der Waals surface area (Å²) in [6.07, 6.45) is 1.02. The number of aliphatic hydroxyl groups is 1. The van der Waals surface area contributed by atoms with E-state index in [1.165, 1.54) is 18.2 Å². The molecule has 2 amide bonds. The number of anilines is 1. The molecule has 8 nitrogen and oxygen atoms in total. The molecule has 2 N–H and O–H groups in total.